The molecule has 0 radical (unpaired) electrons. The van der Waals surface area contributed by atoms with Crippen LogP contribution in [0.15, 0.2) is 85.1 Å². The van der Waals surface area contributed by atoms with Crippen molar-refractivity contribution in [1.29, 1.82) is 0 Å². The molecule has 0 aliphatic carbocycles. The largest absolute Gasteiger partial charge is 0.472 e. The first-order chi connectivity index (χ1) is 31.2. The summed E-state index contributed by atoms with van der Waals surface area (Å²) in [5.41, 5.74) is 0. The minimum Gasteiger partial charge on any atom is -0.462 e. The number of hydrogen-bond donors (Lipinski definition) is 2. The summed E-state index contributed by atoms with van der Waals surface area (Å²) in [5.74, 6) is -1.64. The van der Waals surface area contributed by atoms with Gasteiger partial charge in [-0.25, -0.2) is 4.57 Å². The Bertz CT molecular complexity index is 1400. The lowest BCUT2D eigenvalue weighted by atomic mass is 10.1. The van der Waals surface area contributed by atoms with Crippen LogP contribution in [0, 0.1) is 0 Å². The van der Waals surface area contributed by atoms with Crippen molar-refractivity contribution in [3.8, 4) is 0 Å². The molecule has 0 aromatic heterocycles. The van der Waals surface area contributed by atoms with Crippen LogP contribution in [0.25, 0.3) is 0 Å². The molecule has 366 valence electrons. The highest BCUT2D eigenvalue weighted by molar-refractivity contribution is 7.47. The summed E-state index contributed by atoms with van der Waals surface area (Å²) < 4.78 is 39.1. The van der Waals surface area contributed by atoms with E-state index in [0.717, 1.165) is 96.3 Å². The van der Waals surface area contributed by atoms with Crippen LogP contribution in [0.5, 0.6) is 0 Å². The topological polar surface area (TPSA) is 155 Å². The second kappa shape index (κ2) is 46.2. The lowest BCUT2D eigenvalue weighted by molar-refractivity contribution is -0.160. The monoisotopic (exact) mass is 919 g/mol. The second-order valence-electron chi connectivity index (χ2n) is 15.9. The molecule has 12 heteroatoms. The number of ether oxygens (including phenoxy) is 3. The number of carbonyl (C=O) groups excluding carboxylic acids is 3. The zero-order chi connectivity index (χ0) is 47.0. The van der Waals surface area contributed by atoms with Crippen molar-refractivity contribution in [2.75, 3.05) is 26.4 Å². The van der Waals surface area contributed by atoms with E-state index in [-0.39, 0.29) is 25.9 Å². The van der Waals surface area contributed by atoms with Crippen LogP contribution in [0.2, 0.25) is 0 Å². The number of esters is 3. The maximum atomic E-state index is 12.8. The highest BCUT2D eigenvalue weighted by Gasteiger charge is 2.28. The van der Waals surface area contributed by atoms with Gasteiger partial charge in [0, 0.05) is 12.8 Å². The standard InChI is InChI=1S/C52H87O11P/c1-4-7-10-13-16-19-21-23-24-26-28-31-34-37-40-43-52(56)63-49(45-59-50(54)41-38-35-32-29-18-15-12-9-6-3)47-61-64(57,58)60-46-48(44-53)62-51(55)42-39-36-33-30-27-25-22-20-17-14-11-8-5-2/h7,10-11,14,16,19-20,22-24,28,31,37,40,48-49,53H,4-6,8-9,12-13,15,17-18,21,25-27,29-30,32-36,38-39,41-47H2,1-3H3,(H,57,58)/b10-7-,14-11-,19-16-,22-20-,24-23-,31-28-,40-37-. The molecule has 0 rings (SSSR count). The number of rotatable bonds is 44. The van der Waals surface area contributed by atoms with Gasteiger partial charge in [0.2, 0.25) is 0 Å². The summed E-state index contributed by atoms with van der Waals surface area (Å²) >= 11 is 0. The third kappa shape index (κ3) is 43.9. The summed E-state index contributed by atoms with van der Waals surface area (Å²) in [5, 5.41) is 9.74. The average molecular weight is 919 g/mol. The van der Waals surface area contributed by atoms with Crippen molar-refractivity contribution < 1.29 is 52.2 Å². The first kappa shape index (κ1) is 60.7. The molecule has 0 aliphatic rings. The Morgan fingerprint density at radius 2 is 0.906 bits per heavy atom. The summed E-state index contributed by atoms with van der Waals surface area (Å²) in [6.07, 6.45) is 50.3. The van der Waals surface area contributed by atoms with Gasteiger partial charge in [0.25, 0.3) is 0 Å². The van der Waals surface area contributed by atoms with E-state index >= 15 is 0 Å². The average Bonchev–Trinajstić information content (AvgIpc) is 3.28. The molecule has 0 spiro atoms. The number of unbranched alkanes of at least 4 members (excludes halogenated alkanes) is 14. The predicted octanol–water partition coefficient (Wildman–Crippen LogP) is 13.6. The van der Waals surface area contributed by atoms with Gasteiger partial charge in [0.1, 0.15) is 12.7 Å². The highest BCUT2D eigenvalue weighted by atomic mass is 31.2. The number of hydrogen-bond acceptors (Lipinski definition) is 10. The Hall–Kier alpha value is -3.34. The normalized spacial score (nSPS) is 14.3. The number of phosphoric ester groups is 1. The number of allylic oxidation sites excluding steroid dienone is 13. The first-order valence-corrected chi connectivity index (χ1v) is 26.0. The van der Waals surface area contributed by atoms with Gasteiger partial charge < -0.3 is 24.2 Å². The van der Waals surface area contributed by atoms with Crippen LogP contribution < -0.4 is 0 Å². The van der Waals surface area contributed by atoms with Gasteiger partial charge in [-0.05, 0) is 70.6 Å². The van der Waals surface area contributed by atoms with Gasteiger partial charge in [0.15, 0.2) is 6.10 Å². The molecule has 64 heavy (non-hydrogen) atoms. The second-order valence-corrected chi connectivity index (χ2v) is 17.4. The quantitative estimate of drug-likeness (QED) is 0.0197. The molecule has 0 saturated heterocycles. The Morgan fingerprint density at radius 1 is 0.469 bits per heavy atom. The highest BCUT2D eigenvalue weighted by Crippen LogP contribution is 2.43. The molecule has 0 amide bonds. The number of phosphoric acid groups is 1. The Morgan fingerprint density at radius 3 is 1.44 bits per heavy atom. The predicted molar refractivity (Wildman–Crippen MR) is 261 cm³/mol. The van der Waals surface area contributed by atoms with E-state index in [9.17, 15) is 28.9 Å². The van der Waals surface area contributed by atoms with Crippen LogP contribution >= 0.6 is 7.82 Å². The van der Waals surface area contributed by atoms with Crippen LogP contribution in [0.4, 0.5) is 0 Å². The summed E-state index contributed by atoms with van der Waals surface area (Å²) in [7, 11) is -4.76. The molecule has 3 atom stereocenters. The lowest BCUT2D eigenvalue weighted by Crippen LogP contribution is -2.30. The molecule has 0 saturated carbocycles. The maximum absolute atomic E-state index is 12.8. The van der Waals surface area contributed by atoms with Gasteiger partial charge in [-0.15, -0.1) is 0 Å². The number of aliphatic hydroxyl groups excluding tert-OH is 1. The SMILES string of the molecule is CC/C=C\C/C=C\C/C=C\C/C=C\C/C=C\CC(=O)OC(COC(=O)CCCCCCCCCCC)COP(=O)(O)OCC(CO)OC(=O)CCCCCCC/C=C\C/C=C\CCC. The summed E-state index contributed by atoms with van der Waals surface area (Å²) in [6, 6.07) is 0. The van der Waals surface area contributed by atoms with Gasteiger partial charge in [0.05, 0.1) is 26.2 Å². The Kier molecular flexibility index (Phi) is 43.8. The van der Waals surface area contributed by atoms with E-state index in [1.54, 1.807) is 6.08 Å². The van der Waals surface area contributed by atoms with E-state index in [4.69, 9.17) is 23.3 Å². The lowest BCUT2D eigenvalue weighted by Gasteiger charge is -2.21. The Labute approximate surface area is 388 Å². The van der Waals surface area contributed by atoms with E-state index < -0.39 is 57.8 Å². The van der Waals surface area contributed by atoms with Crippen molar-refractivity contribution in [3.63, 3.8) is 0 Å². The van der Waals surface area contributed by atoms with Crippen molar-refractivity contribution in [1.82, 2.24) is 0 Å². The first-order valence-electron chi connectivity index (χ1n) is 24.5. The molecule has 2 N–H and O–H groups in total. The molecule has 11 nitrogen and oxygen atoms in total. The molecule has 0 bridgehead atoms. The van der Waals surface area contributed by atoms with E-state index in [1.165, 1.54) is 32.1 Å². The van der Waals surface area contributed by atoms with Crippen LogP contribution in [0.3, 0.4) is 0 Å². The molecule has 0 aromatic rings. The fourth-order valence-electron chi connectivity index (χ4n) is 6.11. The van der Waals surface area contributed by atoms with Crippen molar-refractivity contribution >= 4 is 25.7 Å². The molecular weight excluding hydrogens is 832 g/mol. The minimum absolute atomic E-state index is 0.0671. The molecule has 0 aromatic carbocycles. The zero-order valence-corrected chi connectivity index (χ0v) is 40.9. The molecule has 0 heterocycles. The van der Waals surface area contributed by atoms with E-state index in [2.05, 4.69) is 81.5 Å². The van der Waals surface area contributed by atoms with Crippen molar-refractivity contribution in [2.45, 2.75) is 200 Å². The van der Waals surface area contributed by atoms with Crippen molar-refractivity contribution in [3.05, 3.63) is 85.1 Å². The van der Waals surface area contributed by atoms with Gasteiger partial charge in [-0.3, -0.25) is 23.4 Å². The van der Waals surface area contributed by atoms with E-state index in [1.807, 2.05) is 18.2 Å². The summed E-state index contributed by atoms with van der Waals surface area (Å²) in [4.78, 5) is 48.0. The number of aliphatic hydroxyl groups is 1. The maximum Gasteiger partial charge on any atom is 0.472 e. The molecule has 3 unspecified atom stereocenters. The summed E-state index contributed by atoms with van der Waals surface area (Å²) in [6.45, 7) is 4.28. The van der Waals surface area contributed by atoms with Crippen molar-refractivity contribution in [2.24, 2.45) is 0 Å². The third-order valence-electron chi connectivity index (χ3n) is 9.82. The van der Waals surface area contributed by atoms with Crippen LogP contribution in [0.1, 0.15) is 188 Å². The van der Waals surface area contributed by atoms with Gasteiger partial charge in [-0.1, -0.05) is 183 Å². The Balaban J connectivity index is 4.86. The van der Waals surface area contributed by atoms with Gasteiger partial charge in [-0.2, -0.15) is 0 Å². The molecular formula is C52H87O11P. The smallest absolute Gasteiger partial charge is 0.462 e. The number of carbonyl (C=O) groups is 3. The molecule has 0 fully saturated rings. The zero-order valence-electron chi connectivity index (χ0n) is 40.0. The molecule has 0 aliphatic heterocycles. The van der Waals surface area contributed by atoms with E-state index in [0.29, 0.717) is 19.3 Å². The van der Waals surface area contributed by atoms with Gasteiger partial charge >= 0.3 is 25.7 Å². The fourth-order valence-corrected chi connectivity index (χ4v) is 6.90. The minimum atomic E-state index is -4.76. The third-order valence-corrected chi connectivity index (χ3v) is 10.8. The fraction of sp³-hybridized carbons (Fsp3) is 0.673. The van der Waals surface area contributed by atoms with Crippen LogP contribution in [-0.2, 0) is 42.2 Å². The van der Waals surface area contributed by atoms with Crippen LogP contribution in [-0.4, -0.2) is 66.5 Å².